The zero-order valence-electron chi connectivity index (χ0n) is 20.7. The first-order chi connectivity index (χ1) is 16.1. The fourth-order valence-corrected chi connectivity index (χ4v) is 5.06. The fourth-order valence-electron chi connectivity index (χ4n) is 4.90. The van der Waals surface area contributed by atoms with E-state index in [1.54, 1.807) is 20.8 Å². The molecule has 0 bridgehead atoms. The predicted molar refractivity (Wildman–Crippen MR) is 128 cm³/mol. The van der Waals surface area contributed by atoms with Gasteiger partial charge in [-0.1, -0.05) is 50.6 Å². The second-order valence-corrected chi connectivity index (χ2v) is 11.7. The van der Waals surface area contributed by atoms with Crippen LogP contribution in [0.25, 0.3) is 0 Å². The van der Waals surface area contributed by atoms with E-state index in [9.17, 15) is 14.4 Å². The van der Waals surface area contributed by atoms with Gasteiger partial charge in [0, 0.05) is 22.5 Å². The van der Waals surface area contributed by atoms with E-state index in [4.69, 9.17) is 16.3 Å². The Labute approximate surface area is 209 Å². The number of carbonyl (C=O) groups is 1. The molecule has 1 aliphatic heterocycles. The van der Waals surface area contributed by atoms with Gasteiger partial charge in [-0.3, -0.25) is 10.1 Å². The highest BCUT2D eigenvalue weighted by atomic mass is 35.5. The number of halogens is 4. The van der Waals surface area contributed by atoms with Crippen molar-refractivity contribution in [1.29, 1.82) is 5.26 Å². The molecule has 1 N–H and O–H groups in total. The van der Waals surface area contributed by atoms with Crippen molar-refractivity contribution in [3.05, 3.63) is 70.0 Å². The number of hydrogen-bond acceptors (Lipinski definition) is 4. The molecule has 0 unspecified atom stereocenters. The van der Waals surface area contributed by atoms with Crippen molar-refractivity contribution in [2.24, 2.45) is 5.41 Å². The number of carbonyl (C=O) groups excluding carboxylic acids is 1. The third-order valence-corrected chi connectivity index (χ3v) is 6.34. The Morgan fingerprint density at radius 2 is 1.77 bits per heavy atom. The maximum Gasteiger partial charge on any atom is 0.324 e. The number of benzene rings is 2. The minimum atomic E-state index is -1.78. The number of rotatable bonds is 4. The van der Waals surface area contributed by atoms with Gasteiger partial charge in [0.05, 0.1) is 6.07 Å². The molecular formula is C27H30ClF3N2O2. The second-order valence-electron chi connectivity index (χ2n) is 11.2. The van der Waals surface area contributed by atoms with Crippen molar-refractivity contribution < 1.29 is 22.7 Å². The number of ether oxygens (including phenoxy) is 1. The van der Waals surface area contributed by atoms with Crippen molar-refractivity contribution in [2.45, 2.75) is 77.0 Å². The molecule has 1 heterocycles. The van der Waals surface area contributed by atoms with Crippen molar-refractivity contribution in [3.8, 4) is 6.07 Å². The third kappa shape index (κ3) is 5.34. The Morgan fingerprint density at radius 1 is 1.11 bits per heavy atom. The molecular weight excluding hydrogens is 477 g/mol. The van der Waals surface area contributed by atoms with Gasteiger partial charge < -0.3 is 4.74 Å². The van der Waals surface area contributed by atoms with E-state index in [0.717, 1.165) is 12.1 Å². The van der Waals surface area contributed by atoms with Crippen LogP contribution in [0.2, 0.25) is 5.02 Å². The van der Waals surface area contributed by atoms with Crippen LogP contribution in [0.3, 0.4) is 0 Å². The molecule has 4 nitrogen and oxygen atoms in total. The lowest BCUT2D eigenvalue weighted by atomic mass is 9.62. The van der Waals surface area contributed by atoms with Crippen molar-refractivity contribution in [3.63, 3.8) is 0 Å². The molecule has 1 aliphatic rings. The second kappa shape index (κ2) is 9.48. The minimum Gasteiger partial charge on any atom is -0.459 e. The average molecular weight is 507 g/mol. The summed E-state index contributed by atoms with van der Waals surface area (Å²) in [6.07, 6.45) is 0.329. The molecule has 0 saturated carbocycles. The molecule has 1 fully saturated rings. The highest BCUT2D eigenvalue weighted by Crippen LogP contribution is 2.52. The summed E-state index contributed by atoms with van der Waals surface area (Å²) in [5.74, 6) is -5.13. The van der Waals surface area contributed by atoms with Crippen LogP contribution in [0.1, 0.15) is 65.0 Å². The summed E-state index contributed by atoms with van der Waals surface area (Å²) >= 11 is 5.98. The highest BCUT2D eigenvalue weighted by Gasteiger charge is 2.61. The molecule has 0 radical (unpaired) electrons. The molecule has 4 atom stereocenters. The van der Waals surface area contributed by atoms with E-state index in [1.807, 2.05) is 20.8 Å². The molecule has 0 amide bonds. The normalized spacial score (nSPS) is 24.8. The number of nitriles is 1. The standard InChI is InChI=1S/C27H30ClF3N2O2/c1-25(2,3)13-20-27(14-32,17-11-10-15(28)12-19(17)30)21(16-8-7-9-18(29)22(16)31)23(33-20)24(34)35-26(4,5)6/h7-12,20-21,23,33H,13H2,1-6H3/t20-,21-,23+,27-/m0/s1. The summed E-state index contributed by atoms with van der Waals surface area (Å²) in [5, 5.41) is 14.0. The third-order valence-electron chi connectivity index (χ3n) is 6.11. The number of esters is 1. The molecule has 2 aromatic carbocycles. The van der Waals surface area contributed by atoms with Crippen LogP contribution in [-0.2, 0) is 14.9 Å². The van der Waals surface area contributed by atoms with Crippen LogP contribution in [-0.4, -0.2) is 23.7 Å². The Bertz CT molecular complexity index is 1170. The van der Waals surface area contributed by atoms with E-state index >= 15 is 8.78 Å². The summed E-state index contributed by atoms with van der Waals surface area (Å²) in [5.41, 5.74) is -3.28. The predicted octanol–water partition coefficient (Wildman–Crippen LogP) is 6.42. The average Bonchev–Trinajstić information content (AvgIpc) is 3.02. The summed E-state index contributed by atoms with van der Waals surface area (Å²) in [6.45, 7) is 10.9. The van der Waals surface area contributed by atoms with Crippen LogP contribution in [0.4, 0.5) is 13.2 Å². The van der Waals surface area contributed by atoms with Crippen LogP contribution < -0.4 is 5.32 Å². The Hall–Kier alpha value is -2.56. The smallest absolute Gasteiger partial charge is 0.324 e. The highest BCUT2D eigenvalue weighted by molar-refractivity contribution is 6.30. The first-order valence-electron chi connectivity index (χ1n) is 11.4. The van der Waals surface area contributed by atoms with Gasteiger partial charge in [0.2, 0.25) is 0 Å². The molecule has 3 rings (SSSR count). The molecule has 0 spiro atoms. The quantitative estimate of drug-likeness (QED) is 0.486. The van der Waals surface area contributed by atoms with E-state index < -0.39 is 52.4 Å². The topological polar surface area (TPSA) is 62.1 Å². The van der Waals surface area contributed by atoms with Crippen LogP contribution in [0, 0.1) is 34.2 Å². The van der Waals surface area contributed by atoms with Crippen molar-refractivity contribution >= 4 is 17.6 Å². The van der Waals surface area contributed by atoms with Crippen LogP contribution >= 0.6 is 11.6 Å². The lowest BCUT2D eigenvalue weighted by Gasteiger charge is -2.37. The van der Waals surface area contributed by atoms with E-state index in [0.29, 0.717) is 6.42 Å². The van der Waals surface area contributed by atoms with Gasteiger partial charge >= 0.3 is 5.97 Å². The molecule has 8 heteroatoms. The fraction of sp³-hybridized carbons (Fsp3) is 0.481. The van der Waals surface area contributed by atoms with Gasteiger partial charge in [0.1, 0.15) is 22.9 Å². The van der Waals surface area contributed by atoms with Crippen molar-refractivity contribution in [2.75, 3.05) is 0 Å². The molecule has 0 aromatic heterocycles. The largest absolute Gasteiger partial charge is 0.459 e. The Kier molecular flexibility index (Phi) is 7.32. The molecule has 0 aliphatic carbocycles. The minimum absolute atomic E-state index is 0.0501. The first-order valence-corrected chi connectivity index (χ1v) is 11.8. The van der Waals surface area contributed by atoms with Crippen LogP contribution in [0.5, 0.6) is 0 Å². The van der Waals surface area contributed by atoms with Crippen LogP contribution in [0.15, 0.2) is 36.4 Å². The van der Waals surface area contributed by atoms with Crippen molar-refractivity contribution in [1.82, 2.24) is 5.32 Å². The number of nitrogens with zero attached hydrogens (tertiary/aromatic N) is 1. The van der Waals surface area contributed by atoms with Gasteiger partial charge in [-0.2, -0.15) is 5.26 Å². The van der Waals surface area contributed by atoms with E-state index in [2.05, 4.69) is 11.4 Å². The van der Waals surface area contributed by atoms with E-state index in [-0.39, 0.29) is 21.6 Å². The molecule has 35 heavy (non-hydrogen) atoms. The van der Waals surface area contributed by atoms with Gasteiger partial charge in [0.25, 0.3) is 0 Å². The SMILES string of the molecule is CC(C)(C)C[C@@H]1N[C@@H](C(=O)OC(C)(C)C)[C@H](c2cccc(F)c2F)[C@@]1(C#N)c1ccc(Cl)cc1F. The zero-order valence-corrected chi connectivity index (χ0v) is 21.4. The Balaban J connectivity index is 2.37. The summed E-state index contributed by atoms with van der Waals surface area (Å²) in [6, 6.07) is 7.65. The summed E-state index contributed by atoms with van der Waals surface area (Å²) < 4.78 is 50.7. The van der Waals surface area contributed by atoms with Gasteiger partial charge in [0.15, 0.2) is 11.6 Å². The van der Waals surface area contributed by atoms with E-state index in [1.165, 1.54) is 24.3 Å². The maximum absolute atomic E-state index is 15.5. The lowest BCUT2D eigenvalue weighted by Crippen LogP contribution is -2.45. The maximum atomic E-state index is 15.5. The first kappa shape index (κ1) is 27.0. The molecule has 188 valence electrons. The lowest BCUT2D eigenvalue weighted by molar-refractivity contribution is -0.157. The van der Waals surface area contributed by atoms with Gasteiger partial charge in [-0.05, 0) is 56.4 Å². The van der Waals surface area contributed by atoms with Gasteiger partial charge in [-0.15, -0.1) is 0 Å². The number of hydrogen-bond donors (Lipinski definition) is 1. The Morgan fingerprint density at radius 3 is 2.31 bits per heavy atom. The molecule has 2 aromatic rings. The number of nitrogens with one attached hydrogen (secondary N) is 1. The zero-order chi connectivity index (χ0) is 26.3. The monoisotopic (exact) mass is 506 g/mol. The summed E-state index contributed by atoms with van der Waals surface area (Å²) in [4.78, 5) is 13.4. The summed E-state index contributed by atoms with van der Waals surface area (Å²) in [7, 11) is 0. The van der Waals surface area contributed by atoms with Gasteiger partial charge in [-0.25, -0.2) is 13.2 Å². The molecule has 1 saturated heterocycles.